The summed E-state index contributed by atoms with van der Waals surface area (Å²) < 4.78 is 0. The monoisotopic (exact) mass is 231 g/mol. The average molecular weight is 231 g/mol. The fraction of sp³-hybridized carbons (Fsp3) is 0.625. The Morgan fingerprint density at radius 1 is 0.941 bits per heavy atom. The molecule has 0 unspecified atom stereocenters. The lowest BCUT2D eigenvalue weighted by molar-refractivity contribution is 0.312. The lowest BCUT2D eigenvalue weighted by atomic mass is 9.85. The van der Waals surface area contributed by atoms with Gasteiger partial charge in [0.05, 0.1) is 0 Å². The van der Waals surface area contributed by atoms with E-state index in [1.54, 1.807) is 22.3 Å². The minimum absolute atomic E-state index is 0.630. The summed E-state index contributed by atoms with van der Waals surface area (Å²) in [6.45, 7) is 11.5. The summed E-state index contributed by atoms with van der Waals surface area (Å²) in [6.07, 6.45) is 1.21. The molecule has 0 fully saturated rings. The van der Waals surface area contributed by atoms with Gasteiger partial charge in [-0.3, -0.25) is 0 Å². The summed E-state index contributed by atoms with van der Waals surface area (Å²) in [7, 11) is 2.22. The van der Waals surface area contributed by atoms with E-state index in [-0.39, 0.29) is 0 Å². The van der Waals surface area contributed by atoms with Crippen LogP contribution in [0.5, 0.6) is 0 Å². The van der Waals surface area contributed by atoms with Crippen molar-refractivity contribution in [2.75, 3.05) is 13.6 Å². The van der Waals surface area contributed by atoms with Crippen molar-refractivity contribution in [1.82, 2.24) is 4.90 Å². The second-order valence-electron chi connectivity index (χ2n) is 6.05. The smallest absolute Gasteiger partial charge is 0.0233 e. The largest absolute Gasteiger partial charge is 0.302 e. The fourth-order valence-electron chi connectivity index (χ4n) is 2.79. The molecule has 1 aliphatic heterocycles. The highest BCUT2D eigenvalue weighted by molar-refractivity contribution is 5.42. The van der Waals surface area contributed by atoms with Crippen LogP contribution in [0, 0.1) is 0 Å². The maximum atomic E-state index is 2.47. The van der Waals surface area contributed by atoms with E-state index in [0.29, 0.717) is 11.8 Å². The van der Waals surface area contributed by atoms with Crippen molar-refractivity contribution in [1.29, 1.82) is 0 Å². The SMILES string of the molecule is CC(C)c1cc2c(cc1C(C)C)CN(C)CC2. The molecule has 0 aromatic heterocycles. The molecule has 94 valence electrons. The Labute approximate surface area is 106 Å². The quantitative estimate of drug-likeness (QED) is 0.745. The summed E-state index contributed by atoms with van der Waals surface area (Å²) in [5.41, 5.74) is 6.24. The summed E-state index contributed by atoms with van der Waals surface area (Å²) in [5.74, 6) is 1.27. The average Bonchev–Trinajstić information content (AvgIpc) is 2.26. The maximum absolute atomic E-state index is 2.47. The first-order valence-corrected chi connectivity index (χ1v) is 6.83. The van der Waals surface area contributed by atoms with Crippen LogP contribution in [0.4, 0.5) is 0 Å². The van der Waals surface area contributed by atoms with Crippen LogP contribution in [0.15, 0.2) is 12.1 Å². The summed E-state index contributed by atoms with van der Waals surface area (Å²) in [5, 5.41) is 0. The number of likely N-dealkylation sites (N-methyl/N-ethyl adjacent to an activating group) is 1. The van der Waals surface area contributed by atoms with Crippen molar-refractivity contribution in [3.63, 3.8) is 0 Å². The third-order valence-electron chi connectivity index (χ3n) is 3.85. The van der Waals surface area contributed by atoms with Crippen LogP contribution in [0.2, 0.25) is 0 Å². The molecule has 0 saturated heterocycles. The first kappa shape index (κ1) is 12.6. The highest BCUT2D eigenvalue weighted by Crippen LogP contribution is 2.31. The molecular weight excluding hydrogens is 206 g/mol. The van der Waals surface area contributed by atoms with Gasteiger partial charge < -0.3 is 4.90 Å². The van der Waals surface area contributed by atoms with Crippen LogP contribution in [0.1, 0.15) is 61.8 Å². The van der Waals surface area contributed by atoms with E-state index in [4.69, 9.17) is 0 Å². The normalized spacial score (nSPS) is 16.6. The lowest BCUT2D eigenvalue weighted by Crippen LogP contribution is -2.27. The standard InChI is InChI=1S/C16H25N/c1-11(2)15-8-13-6-7-17(5)10-14(13)9-16(15)12(3)4/h8-9,11-12H,6-7,10H2,1-5H3. The van der Waals surface area contributed by atoms with Crippen molar-refractivity contribution in [3.05, 3.63) is 34.4 Å². The van der Waals surface area contributed by atoms with Crippen LogP contribution < -0.4 is 0 Å². The van der Waals surface area contributed by atoms with Crippen LogP contribution in [-0.4, -0.2) is 18.5 Å². The molecule has 1 nitrogen and oxygen atoms in total. The molecule has 17 heavy (non-hydrogen) atoms. The molecule has 1 heterocycles. The summed E-state index contributed by atoms with van der Waals surface area (Å²) in [4.78, 5) is 2.42. The lowest BCUT2D eigenvalue weighted by Gasteiger charge is -2.28. The molecular formula is C16H25N. The van der Waals surface area contributed by atoms with E-state index >= 15 is 0 Å². The molecule has 0 bridgehead atoms. The predicted molar refractivity (Wildman–Crippen MR) is 74.7 cm³/mol. The second kappa shape index (κ2) is 4.81. The van der Waals surface area contributed by atoms with Crippen LogP contribution in [-0.2, 0) is 13.0 Å². The Hall–Kier alpha value is -0.820. The first-order valence-electron chi connectivity index (χ1n) is 6.83. The predicted octanol–water partition coefficient (Wildman–Crippen LogP) is 3.92. The maximum Gasteiger partial charge on any atom is 0.0233 e. The molecule has 0 aliphatic carbocycles. The minimum atomic E-state index is 0.630. The molecule has 0 atom stereocenters. The third kappa shape index (κ3) is 2.55. The highest BCUT2D eigenvalue weighted by atomic mass is 15.1. The number of hydrogen-bond acceptors (Lipinski definition) is 1. The highest BCUT2D eigenvalue weighted by Gasteiger charge is 2.18. The van der Waals surface area contributed by atoms with Gasteiger partial charge in [0.2, 0.25) is 0 Å². The second-order valence-corrected chi connectivity index (χ2v) is 6.05. The van der Waals surface area contributed by atoms with Crippen LogP contribution >= 0.6 is 0 Å². The number of hydrogen-bond donors (Lipinski definition) is 0. The molecule has 0 N–H and O–H groups in total. The van der Waals surface area contributed by atoms with Crippen molar-refractivity contribution in [2.45, 2.75) is 52.5 Å². The zero-order valence-electron chi connectivity index (χ0n) is 11.9. The summed E-state index contributed by atoms with van der Waals surface area (Å²) >= 11 is 0. The number of benzene rings is 1. The topological polar surface area (TPSA) is 3.24 Å². The van der Waals surface area contributed by atoms with Crippen LogP contribution in [0.25, 0.3) is 0 Å². The van der Waals surface area contributed by atoms with E-state index in [0.717, 1.165) is 6.54 Å². The first-order chi connectivity index (χ1) is 7.99. The zero-order chi connectivity index (χ0) is 12.6. The fourth-order valence-corrected chi connectivity index (χ4v) is 2.79. The molecule has 0 saturated carbocycles. The zero-order valence-corrected chi connectivity index (χ0v) is 11.9. The van der Waals surface area contributed by atoms with E-state index in [2.05, 4.69) is 51.8 Å². The van der Waals surface area contributed by atoms with E-state index < -0.39 is 0 Å². The van der Waals surface area contributed by atoms with Gasteiger partial charge in [0, 0.05) is 13.1 Å². The van der Waals surface area contributed by atoms with E-state index in [1.165, 1.54) is 13.0 Å². The van der Waals surface area contributed by atoms with Crippen molar-refractivity contribution in [3.8, 4) is 0 Å². The van der Waals surface area contributed by atoms with Gasteiger partial charge in [0.15, 0.2) is 0 Å². The molecule has 0 spiro atoms. The molecule has 0 radical (unpaired) electrons. The Morgan fingerprint density at radius 3 is 2.00 bits per heavy atom. The van der Waals surface area contributed by atoms with Crippen molar-refractivity contribution >= 4 is 0 Å². The number of nitrogens with zero attached hydrogens (tertiary/aromatic N) is 1. The minimum Gasteiger partial charge on any atom is -0.302 e. The Morgan fingerprint density at radius 2 is 1.47 bits per heavy atom. The molecule has 2 rings (SSSR count). The van der Waals surface area contributed by atoms with Gasteiger partial charge >= 0.3 is 0 Å². The molecule has 1 aromatic rings. The Balaban J connectivity index is 2.48. The van der Waals surface area contributed by atoms with E-state index in [1.807, 2.05) is 0 Å². The van der Waals surface area contributed by atoms with Gasteiger partial charge in [-0.1, -0.05) is 39.8 Å². The Bertz CT molecular complexity index is 404. The molecule has 1 aliphatic rings. The number of rotatable bonds is 2. The Kier molecular flexibility index (Phi) is 3.58. The third-order valence-corrected chi connectivity index (χ3v) is 3.85. The van der Waals surface area contributed by atoms with Gasteiger partial charge in [0.1, 0.15) is 0 Å². The molecule has 0 amide bonds. The van der Waals surface area contributed by atoms with E-state index in [9.17, 15) is 0 Å². The van der Waals surface area contributed by atoms with Crippen molar-refractivity contribution < 1.29 is 0 Å². The number of fused-ring (bicyclic) bond motifs is 1. The molecule has 1 aromatic carbocycles. The van der Waals surface area contributed by atoms with Crippen molar-refractivity contribution in [2.24, 2.45) is 0 Å². The molecule has 1 heteroatoms. The van der Waals surface area contributed by atoms with Gasteiger partial charge in [-0.05, 0) is 47.6 Å². The van der Waals surface area contributed by atoms with Gasteiger partial charge in [-0.15, -0.1) is 0 Å². The summed E-state index contributed by atoms with van der Waals surface area (Å²) in [6, 6.07) is 4.94. The van der Waals surface area contributed by atoms with Gasteiger partial charge in [-0.2, -0.15) is 0 Å². The van der Waals surface area contributed by atoms with Crippen LogP contribution in [0.3, 0.4) is 0 Å². The van der Waals surface area contributed by atoms with Gasteiger partial charge in [-0.25, -0.2) is 0 Å². The van der Waals surface area contributed by atoms with Gasteiger partial charge in [0.25, 0.3) is 0 Å².